The van der Waals surface area contributed by atoms with Crippen LogP contribution in [0.4, 0.5) is 5.69 Å². The first-order chi connectivity index (χ1) is 10.2. The lowest BCUT2D eigenvalue weighted by Crippen LogP contribution is -2.00. The molecule has 0 radical (unpaired) electrons. The summed E-state index contributed by atoms with van der Waals surface area (Å²) in [6, 6.07) is 13.8. The van der Waals surface area contributed by atoms with Crippen LogP contribution in [0.15, 0.2) is 47.6 Å². The smallest absolute Gasteiger partial charge is 0.169 e. The molecule has 110 valence electrons. The summed E-state index contributed by atoms with van der Waals surface area (Å²) in [6.07, 6.45) is 1.73. The van der Waals surface area contributed by atoms with Crippen LogP contribution in [0.2, 0.25) is 0 Å². The van der Waals surface area contributed by atoms with Crippen LogP contribution in [-0.4, -0.2) is 19.9 Å². The molecule has 2 rings (SSSR count). The molecule has 0 fully saturated rings. The molecule has 2 aromatic carbocycles. The zero-order chi connectivity index (χ0) is 15.1. The van der Waals surface area contributed by atoms with Crippen molar-refractivity contribution in [3.8, 4) is 11.5 Å². The summed E-state index contributed by atoms with van der Waals surface area (Å²) in [5.74, 6) is 1.41. The van der Waals surface area contributed by atoms with Gasteiger partial charge in [-0.2, -0.15) is 5.10 Å². The molecule has 0 amide bonds. The highest BCUT2D eigenvalue weighted by Gasteiger charge is 2.08. The first-order valence-corrected chi connectivity index (χ1v) is 6.90. The van der Waals surface area contributed by atoms with E-state index in [0.29, 0.717) is 18.1 Å². The average molecular weight is 284 g/mol. The Hall–Kier alpha value is -2.49. The highest BCUT2D eigenvalue weighted by atomic mass is 16.5. The summed E-state index contributed by atoms with van der Waals surface area (Å²) in [5, 5.41) is 4.25. The summed E-state index contributed by atoms with van der Waals surface area (Å²) >= 11 is 0. The minimum absolute atomic E-state index is 0.576. The van der Waals surface area contributed by atoms with Gasteiger partial charge in [-0.25, -0.2) is 0 Å². The first kappa shape index (κ1) is 14.9. The molecule has 0 unspecified atom stereocenters. The van der Waals surface area contributed by atoms with E-state index in [0.717, 1.165) is 11.3 Å². The van der Waals surface area contributed by atoms with E-state index < -0.39 is 0 Å². The second kappa shape index (κ2) is 7.33. The van der Waals surface area contributed by atoms with E-state index in [1.54, 1.807) is 13.3 Å². The number of ether oxygens (including phenoxy) is 2. The van der Waals surface area contributed by atoms with Crippen molar-refractivity contribution in [1.82, 2.24) is 0 Å². The molecule has 0 aliphatic heterocycles. The molecule has 0 bridgehead atoms. The predicted molar refractivity (Wildman–Crippen MR) is 86.6 cm³/mol. The Morgan fingerprint density at radius 3 is 2.57 bits per heavy atom. The molecule has 0 aromatic heterocycles. The first-order valence-electron chi connectivity index (χ1n) is 6.90. The van der Waals surface area contributed by atoms with Gasteiger partial charge in [-0.3, -0.25) is 5.43 Å². The molecule has 0 aliphatic carbocycles. The molecular weight excluding hydrogens is 264 g/mol. The van der Waals surface area contributed by atoms with Crippen molar-refractivity contribution >= 4 is 11.9 Å². The maximum atomic E-state index is 5.63. The van der Waals surface area contributed by atoms with Gasteiger partial charge in [0.25, 0.3) is 0 Å². The number of hydrazone groups is 1. The number of nitrogens with zero attached hydrogens (tertiary/aromatic N) is 1. The molecule has 4 heteroatoms. The van der Waals surface area contributed by atoms with E-state index in [1.165, 1.54) is 5.56 Å². The van der Waals surface area contributed by atoms with Crippen molar-refractivity contribution in [1.29, 1.82) is 0 Å². The number of benzene rings is 2. The summed E-state index contributed by atoms with van der Waals surface area (Å²) in [5.41, 5.74) is 6.03. The number of aryl methyl sites for hydroxylation is 1. The Kier molecular flexibility index (Phi) is 5.21. The fourth-order valence-electron chi connectivity index (χ4n) is 1.90. The number of hydrogen-bond donors (Lipinski definition) is 1. The minimum atomic E-state index is 0.576. The van der Waals surface area contributed by atoms with E-state index in [-0.39, 0.29) is 0 Å². The maximum Gasteiger partial charge on any atom is 0.169 e. The van der Waals surface area contributed by atoms with Gasteiger partial charge in [-0.15, -0.1) is 0 Å². The monoisotopic (exact) mass is 284 g/mol. The normalized spacial score (nSPS) is 10.6. The molecule has 21 heavy (non-hydrogen) atoms. The van der Waals surface area contributed by atoms with Crippen molar-refractivity contribution in [3.05, 3.63) is 53.6 Å². The lowest BCUT2D eigenvalue weighted by Gasteiger charge is -2.11. The molecule has 0 atom stereocenters. The molecule has 0 saturated carbocycles. The van der Waals surface area contributed by atoms with Crippen molar-refractivity contribution in [2.45, 2.75) is 13.8 Å². The Bertz CT molecular complexity index is 607. The van der Waals surface area contributed by atoms with E-state index in [1.807, 2.05) is 49.4 Å². The Morgan fingerprint density at radius 1 is 1.14 bits per heavy atom. The summed E-state index contributed by atoms with van der Waals surface area (Å²) in [4.78, 5) is 0. The van der Waals surface area contributed by atoms with Gasteiger partial charge in [0.2, 0.25) is 0 Å². The van der Waals surface area contributed by atoms with Crippen molar-refractivity contribution < 1.29 is 9.47 Å². The zero-order valence-corrected chi connectivity index (χ0v) is 12.6. The van der Waals surface area contributed by atoms with E-state index in [4.69, 9.17) is 9.47 Å². The van der Waals surface area contributed by atoms with Crippen LogP contribution in [0, 0.1) is 6.92 Å². The van der Waals surface area contributed by atoms with Crippen LogP contribution in [-0.2, 0) is 0 Å². The van der Waals surface area contributed by atoms with Gasteiger partial charge >= 0.3 is 0 Å². The predicted octanol–water partition coefficient (Wildman–Crippen LogP) is 3.85. The van der Waals surface area contributed by atoms with Crippen LogP contribution in [0.3, 0.4) is 0 Å². The van der Waals surface area contributed by atoms with E-state index in [9.17, 15) is 0 Å². The fourth-order valence-corrected chi connectivity index (χ4v) is 1.90. The van der Waals surface area contributed by atoms with Gasteiger partial charge in [0.1, 0.15) is 0 Å². The van der Waals surface area contributed by atoms with Gasteiger partial charge in [0.05, 0.1) is 25.6 Å². The van der Waals surface area contributed by atoms with Crippen LogP contribution in [0.25, 0.3) is 0 Å². The summed E-state index contributed by atoms with van der Waals surface area (Å²) < 4.78 is 10.9. The number of rotatable bonds is 6. The van der Waals surface area contributed by atoms with Gasteiger partial charge in [0, 0.05) is 5.56 Å². The molecular formula is C17H20N2O2. The Morgan fingerprint density at radius 2 is 1.90 bits per heavy atom. The Balaban J connectivity index is 2.14. The number of nitrogens with one attached hydrogen (secondary N) is 1. The third kappa shape index (κ3) is 3.99. The van der Waals surface area contributed by atoms with Crippen LogP contribution in [0.5, 0.6) is 11.5 Å². The average Bonchev–Trinajstić information content (AvgIpc) is 2.51. The topological polar surface area (TPSA) is 42.8 Å². The largest absolute Gasteiger partial charge is 0.493 e. The SMILES string of the molecule is CCOc1c(/C=N/Nc2ccc(C)cc2)cccc1OC. The summed E-state index contributed by atoms with van der Waals surface area (Å²) in [6.45, 7) is 4.57. The van der Waals surface area contributed by atoms with Crippen LogP contribution < -0.4 is 14.9 Å². The van der Waals surface area contributed by atoms with E-state index >= 15 is 0 Å². The molecule has 0 heterocycles. The van der Waals surface area contributed by atoms with Crippen LogP contribution >= 0.6 is 0 Å². The molecule has 4 nitrogen and oxygen atoms in total. The number of anilines is 1. The van der Waals surface area contributed by atoms with Gasteiger partial charge < -0.3 is 9.47 Å². The highest BCUT2D eigenvalue weighted by molar-refractivity contribution is 5.85. The third-order valence-corrected chi connectivity index (χ3v) is 2.97. The van der Waals surface area contributed by atoms with Gasteiger partial charge in [-0.05, 0) is 38.1 Å². The second-order valence-corrected chi connectivity index (χ2v) is 4.55. The number of methoxy groups -OCH3 is 1. The highest BCUT2D eigenvalue weighted by Crippen LogP contribution is 2.29. The lowest BCUT2D eigenvalue weighted by atomic mass is 10.2. The van der Waals surface area contributed by atoms with Crippen LogP contribution in [0.1, 0.15) is 18.1 Å². The van der Waals surface area contributed by atoms with Crippen molar-refractivity contribution in [2.24, 2.45) is 5.10 Å². The van der Waals surface area contributed by atoms with Crippen molar-refractivity contribution in [2.75, 3.05) is 19.1 Å². The number of para-hydroxylation sites is 1. The fraction of sp³-hybridized carbons (Fsp3) is 0.235. The van der Waals surface area contributed by atoms with Crippen molar-refractivity contribution in [3.63, 3.8) is 0 Å². The standard InChI is InChI=1S/C17H20N2O2/c1-4-21-17-14(6-5-7-16(17)20-3)12-18-19-15-10-8-13(2)9-11-15/h5-12,19H,4H2,1-3H3/b18-12+. The Labute approximate surface area is 125 Å². The molecule has 2 aromatic rings. The zero-order valence-electron chi connectivity index (χ0n) is 12.6. The maximum absolute atomic E-state index is 5.63. The van der Waals surface area contributed by atoms with Gasteiger partial charge in [-0.1, -0.05) is 23.8 Å². The number of hydrogen-bond acceptors (Lipinski definition) is 4. The molecule has 0 spiro atoms. The second-order valence-electron chi connectivity index (χ2n) is 4.55. The quantitative estimate of drug-likeness (QED) is 0.647. The molecule has 0 saturated heterocycles. The van der Waals surface area contributed by atoms with E-state index in [2.05, 4.69) is 17.5 Å². The third-order valence-electron chi connectivity index (χ3n) is 2.97. The van der Waals surface area contributed by atoms with Gasteiger partial charge in [0.15, 0.2) is 11.5 Å². The molecule has 0 aliphatic rings. The summed E-state index contributed by atoms with van der Waals surface area (Å²) in [7, 11) is 1.63. The lowest BCUT2D eigenvalue weighted by molar-refractivity contribution is 0.310. The minimum Gasteiger partial charge on any atom is -0.493 e. The molecule has 1 N–H and O–H groups in total.